The highest BCUT2D eigenvalue weighted by atomic mass is 16.1. The van der Waals surface area contributed by atoms with E-state index in [1.165, 1.54) is 4.40 Å². The van der Waals surface area contributed by atoms with Gasteiger partial charge in [0.1, 0.15) is 5.65 Å². The molecule has 0 radical (unpaired) electrons. The third kappa shape index (κ3) is 2.08. The molecule has 0 saturated heterocycles. The molecule has 2 aromatic rings. The Kier molecular flexibility index (Phi) is 3.32. The first-order valence-electron chi connectivity index (χ1n) is 6.12. The van der Waals surface area contributed by atoms with Crippen molar-refractivity contribution in [1.29, 1.82) is 0 Å². The minimum absolute atomic E-state index is 0.277. The van der Waals surface area contributed by atoms with Crippen molar-refractivity contribution < 1.29 is 0 Å². The summed E-state index contributed by atoms with van der Waals surface area (Å²) >= 11 is 0. The zero-order valence-corrected chi connectivity index (χ0v) is 11.3. The van der Waals surface area contributed by atoms with Crippen LogP contribution in [0.2, 0.25) is 0 Å². The van der Waals surface area contributed by atoms with Crippen LogP contribution >= 0.6 is 0 Å². The van der Waals surface area contributed by atoms with Crippen LogP contribution in [0.25, 0.3) is 5.65 Å². The Morgan fingerprint density at radius 3 is 2.72 bits per heavy atom. The van der Waals surface area contributed by atoms with Crippen LogP contribution in [0.15, 0.2) is 17.1 Å². The van der Waals surface area contributed by atoms with Gasteiger partial charge in [-0.05, 0) is 37.5 Å². The molecule has 0 aliphatic heterocycles. The van der Waals surface area contributed by atoms with Crippen LogP contribution in [-0.4, -0.2) is 28.0 Å². The standard InChI is InChI=1S/C13H18N4O/c1-5-7-16(4)12-14-11-10(3)9(2)6-8-17(11)13(18)15-12/h6,8H,5,7H2,1-4H3. The first kappa shape index (κ1) is 12.5. The number of hydrogen-bond acceptors (Lipinski definition) is 4. The van der Waals surface area contributed by atoms with Crippen molar-refractivity contribution in [2.75, 3.05) is 18.5 Å². The monoisotopic (exact) mass is 246 g/mol. The number of nitrogens with zero attached hydrogens (tertiary/aromatic N) is 4. The normalized spacial score (nSPS) is 10.9. The van der Waals surface area contributed by atoms with Gasteiger partial charge in [-0.1, -0.05) is 6.92 Å². The van der Waals surface area contributed by atoms with Gasteiger partial charge in [-0.2, -0.15) is 9.97 Å². The van der Waals surface area contributed by atoms with Gasteiger partial charge in [0.2, 0.25) is 5.95 Å². The SMILES string of the molecule is CCCN(C)c1nc(=O)n2ccc(C)c(C)c2n1. The van der Waals surface area contributed by atoms with Crippen LogP contribution in [0, 0.1) is 13.8 Å². The fourth-order valence-electron chi connectivity index (χ4n) is 1.90. The topological polar surface area (TPSA) is 50.5 Å². The molecule has 2 aromatic heterocycles. The summed E-state index contributed by atoms with van der Waals surface area (Å²) in [7, 11) is 1.90. The molecule has 0 amide bonds. The summed E-state index contributed by atoms with van der Waals surface area (Å²) in [6.45, 7) is 6.90. The minimum Gasteiger partial charge on any atom is -0.344 e. The molecule has 5 nitrogen and oxygen atoms in total. The van der Waals surface area contributed by atoms with Gasteiger partial charge in [-0.25, -0.2) is 4.79 Å². The summed E-state index contributed by atoms with van der Waals surface area (Å²) in [6.07, 6.45) is 2.72. The van der Waals surface area contributed by atoms with Crippen LogP contribution in [-0.2, 0) is 0 Å². The van der Waals surface area contributed by atoms with Crippen LogP contribution in [0.3, 0.4) is 0 Å². The van der Waals surface area contributed by atoms with Crippen LogP contribution in [0.4, 0.5) is 5.95 Å². The van der Waals surface area contributed by atoms with Gasteiger partial charge in [-0.15, -0.1) is 0 Å². The Balaban J connectivity index is 2.67. The molecule has 0 saturated carbocycles. The predicted octanol–water partition coefficient (Wildman–Crippen LogP) is 1.55. The Labute approximate surface area is 106 Å². The molecule has 2 heterocycles. The second-order valence-corrected chi connectivity index (χ2v) is 4.55. The lowest BCUT2D eigenvalue weighted by atomic mass is 10.2. The maximum atomic E-state index is 12.0. The van der Waals surface area contributed by atoms with E-state index in [1.54, 1.807) is 6.20 Å². The maximum Gasteiger partial charge on any atom is 0.356 e. The van der Waals surface area contributed by atoms with Crippen molar-refractivity contribution in [3.63, 3.8) is 0 Å². The van der Waals surface area contributed by atoms with E-state index in [2.05, 4.69) is 16.9 Å². The maximum absolute atomic E-state index is 12.0. The minimum atomic E-state index is -0.277. The average molecular weight is 246 g/mol. The molecule has 96 valence electrons. The smallest absolute Gasteiger partial charge is 0.344 e. The fourth-order valence-corrected chi connectivity index (χ4v) is 1.90. The van der Waals surface area contributed by atoms with E-state index in [4.69, 9.17) is 0 Å². The molecule has 0 fully saturated rings. The van der Waals surface area contributed by atoms with E-state index in [1.807, 2.05) is 31.9 Å². The van der Waals surface area contributed by atoms with Crippen molar-refractivity contribution in [1.82, 2.24) is 14.4 Å². The second-order valence-electron chi connectivity index (χ2n) is 4.55. The molecule has 0 unspecified atom stereocenters. The van der Waals surface area contributed by atoms with Crippen molar-refractivity contribution >= 4 is 11.6 Å². The lowest BCUT2D eigenvalue weighted by Gasteiger charge is -2.16. The number of pyridine rings is 1. The van der Waals surface area contributed by atoms with Crippen molar-refractivity contribution in [2.45, 2.75) is 27.2 Å². The van der Waals surface area contributed by atoms with Crippen molar-refractivity contribution in [3.05, 3.63) is 33.9 Å². The number of hydrogen-bond donors (Lipinski definition) is 0. The van der Waals surface area contributed by atoms with Gasteiger partial charge in [0, 0.05) is 19.8 Å². The average Bonchev–Trinajstić information content (AvgIpc) is 2.34. The third-order valence-corrected chi connectivity index (χ3v) is 3.14. The lowest BCUT2D eigenvalue weighted by molar-refractivity contribution is 0.799. The van der Waals surface area contributed by atoms with Gasteiger partial charge < -0.3 is 4.90 Å². The summed E-state index contributed by atoms with van der Waals surface area (Å²) in [4.78, 5) is 22.4. The zero-order chi connectivity index (χ0) is 13.3. The zero-order valence-electron chi connectivity index (χ0n) is 11.3. The molecule has 0 aliphatic rings. The lowest BCUT2D eigenvalue weighted by Crippen LogP contribution is -2.27. The predicted molar refractivity (Wildman–Crippen MR) is 72.3 cm³/mol. The fraction of sp³-hybridized carbons (Fsp3) is 0.462. The van der Waals surface area contributed by atoms with Gasteiger partial charge in [0.25, 0.3) is 0 Å². The van der Waals surface area contributed by atoms with E-state index in [-0.39, 0.29) is 5.69 Å². The quantitative estimate of drug-likeness (QED) is 0.824. The third-order valence-electron chi connectivity index (χ3n) is 3.14. The van der Waals surface area contributed by atoms with Crippen molar-refractivity contribution in [3.8, 4) is 0 Å². The van der Waals surface area contributed by atoms with Crippen LogP contribution < -0.4 is 10.6 Å². The van der Waals surface area contributed by atoms with Crippen LogP contribution in [0.1, 0.15) is 24.5 Å². The second kappa shape index (κ2) is 4.76. The number of aromatic nitrogens is 3. The van der Waals surface area contributed by atoms with Gasteiger partial charge in [0.15, 0.2) is 0 Å². The summed E-state index contributed by atoms with van der Waals surface area (Å²) in [5.74, 6) is 0.496. The molecule has 0 aromatic carbocycles. The summed E-state index contributed by atoms with van der Waals surface area (Å²) in [6, 6.07) is 1.91. The highest BCUT2D eigenvalue weighted by Gasteiger charge is 2.10. The molecule has 0 aliphatic carbocycles. The van der Waals surface area contributed by atoms with Crippen molar-refractivity contribution in [2.24, 2.45) is 0 Å². The van der Waals surface area contributed by atoms with E-state index in [0.717, 1.165) is 24.1 Å². The number of rotatable bonds is 3. The molecule has 0 spiro atoms. The molecular formula is C13H18N4O. The molecule has 18 heavy (non-hydrogen) atoms. The number of anilines is 1. The van der Waals surface area contributed by atoms with Gasteiger partial charge in [0.05, 0.1) is 0 Å². The number of aryl methyl sites for hydroxylation is 2. The molecule has 5 heteroatoms. The van der Waals surface area contributed by atoms with E-state index in [9.17, 15) is 4.79 Å². The van der Waals surface area contributed by atoms with E-state index in [0.29, 0.717) is 11.6 Å². The summed E-state index contributed by atoms with van der Waals surface area (Å²) < 4.78 is 1.49. The molecule has 0 atom stereocenters. The van der Waals surface area contributed by atoms with Gasteiger partial charge >= 0.3 is 5.69 Å². The first-order chi connectivity index (χ1) is 8.54. The first-order valence-corrected chi connectivity index (χ1v) is 6.12. The Morgan fingerprint density at radius 2 is 2.06 bits per heavy atom. The molecule has 2 rings (SSSR count). The van der Waals surface area contributed by atoms with Crippen LogP contribution in [0.5, 0.6) is 0 Å². The largest absolute Gasteiger partial charge is 0.356 e. The van der Waals surface area contributed by atoms with Gasteiger partial charge in [-0.3, -0.25) is 4.40 Å². The molecular weight excluding hydrogens is 228 g/mol. The highest BCUT2D eigenvalue weighted by Crippen LogP contribution is 2.13. The Hall–Kier alpha value is -1.91. The summed E-state index contributed by atoms with van der Waals surface area (Å²) in [5, 5.41) is 0. The Morgan fingerprint density at radius 1 is 1.33 bits per heavy atom. The molecule has 0 N–H and O–H groups in total. The Bertz CT molecular complexity index is 633. The number of fused-ring (bicyclic) bond motifs is 1. The molecule has 0 bridgehead atoms. The van der Waals surface area contributed by atoms with E-state index >= 15 is 0 Å². The highest BCUT2D eigenvalue weighted by molar-refractivity contribution is 5.52. The summed E-state index contributed by atoms with van der Waals surface area (Å²) in [5.41, 5.74) is 2.55. The van der Waals surface area contributed by atoms with E-state index < -0.39 is 0 Å².